The van der Waals surface area contributed by atoms with E-state index in [2.05, 4.69) is 50.2 Å². The fraction of sp³-hybridized carbons (Fsp3) is 0.682. The average Bonchev–Trinajstić information content (AvgIpc) is 2.59. The van der Waals surface area contributed by atoms with Crippen LogP contribution in [0.3, 0.4) is 0 Å². The van der Waals surface area contributed by atoms with E-state index in [4.69, 9.17) is 0 Å². The van der Waals surface area contributed by atoms with Crippen LogP contribution >= 0.6 is 0 Å². The lowest BCUT2D eigenvalue weighted by molar-refractivity contribution is 0.0952. The second-order valence-corrected chi connectivity index (χ2v) is 8.11. The number of carbonyl (C=O) groups excluding carboxylic acids is 1. The maximum Gasteiger partial charge on any atom is 0.251 e. The molecule has 0 saturated heterocycles. The average molecular weight is 362 g/mol. The zero-order valence-electron chi connectivity index (χ0n) is 17.5. The third kappa shape index (κ3) is 9.93. The van der Waals surface area contributed by atoms with Crippen molar-refractivity contribution in [1.29, 1.82) is 0 Å². The number of nitrogens with zero attached hydrogens (tertiary/aromatic N) is 1. The number of unbranched alkanes of at least 4 members (excludes halogenated alkanes) is 1. The van der Waals surface area contributed by atoms with Crippen LogP contribution in [-0.4, -0.2) is 42.5 Å². The fourth-order valence-electron chi connectivity index (χ4n) is 2.87. The number of hydrogen-bond donors (Lipinski definition) is 2. The largest absolute Gasteiger partial charge is 0.352 e. The van der Waals surface area contributed by atoms with Crippen molar-refractivity contribution in [3.8, 4) is 0 Å². The summed E-state index contributed by atoms with van der Waals surface area (Å²) in [7, 11) is 0. The van der Waals surface area contributed by atoms with E-state index in [9.17, 15) is 4.79 Å². The molecule has 0 fully saturated rings. The summed E-state index contributed by atoms with van der Waals surface area (Å²) in [5.41, 5.74) is 2.03. The van der Waals surface area contributed by atoms with Crippen LogP contribution in [0, 0.1) is 0 Å². The molecule has 0 radical (unpaired) electrons. The Bertz CT molecular complexity index is 499. The van der Waals surface area contributed by atoms with Gasteiger partial charge in [0.2, 0.25) is 0 Å². The molecule has 1 aromatic carbocycles. The summed E-state index contributed by atoms with van der Waals surface area (Å²) in [6.45, 7) is 16.0. The molecule has 2 N–H and O–H groups in total. The van der Waals surface area contributed by atoms with Crippen molar-refractivity contribution >= 4 is 5.91 Å². The van der Waals surface area contributed by atoms with Crippen LogP contribution in [-0.2, 0) is 6.54 Å². The first-order valence-electron chi connectivity index (χ1n) is 10.2. The highest BCUT2D eigenvalue weighted by Crippen LogP contribution is 2.07. The van der Waals surface area contributed by atoms with Crippen molar-refractivity contribution < 1.29 is 4.79 Å². The van der Waals surface area contributed by atoms with E-state index in [1.165, 1.54) is 31.5 Å². The van der Waals surface area contributed by atoms with E-state index in [1.54, 1.807) is 0 Å². The van der Waals surface area contributed by atoms with Crippen molar-refractivity contribution in [2.75, 3.05) is 26.2 Å². The normalized spacial score (nSPS) is 11.8. The van der Waals surface area contributed by atoms with Crippen LogP contribution in [0.2, 0.25) is 0 Å². The Morgan fingerprint density at radius 1 is 0.962 bits per heavy atom. The molecule has 0 heterocycles. The second-order valence-electron chi connectivity index (χ2n) is 8.11. The number of rotatable bonds is 12. The molecule has 0 saturated carbocycles. The van der Waals surface area contributed by atoms with Gasteiger partial charge in [0.15, 0.2) is 0 Å². The van der Waals surface area contributed by atoms with Gasteiger partial charge in [-0.15, -0.1) is 0 Å². The summed E-state index contributed by atoms with van der Waals surface area (Å²) < 4.78 is 0. The standard InChI is InChI=1S/C22H39N3O/c1-6-15-25(16-7-2)17-9-8-14-23-21(26)20-12-10-19(11-13-20)18-24-22(3,4)5/h10-13,24H,6-9,14-18H2,1-5H3,(H,23,26). The molecule has 0 aliphatic carbocycles. The van der Waals surface area contributed by atoms with Gasteiger partial charge in [-0.2, -0.15) is 0 Å². The zero-order chi connectivity index (χ0) is 19.4. The van der Waals surface area contributed by atoms with Crippen LogP contribution in [0.15, 0.2) is 24.3 Å². The van der Waals surface area contributed by atoms with Gasteiger partial charge >= 0.3 is 0 Å². The number of carbonyl (C=O) groups is 1. The summed E-state index contributed by atoms with van der Waals surface area (Å²) in [4.78, 5) is 14.8. The third-order valence-electron chi connectivity index (χ3n) is 4.31. The molecule has 4 heteroatoms. The Kier molecular flexibility index (Phi) is 10.5. The van der Waals surface area contributed by atoms with Crippen LogP contribution < -0.4 is 10.6 Å². The minimum Gasteiger partial charge on any atom is -0.352 e. The van der Waals surface area contributed by atoms with Gasteiger partial charge in [-0.3, -0.25) is 4.79 Å². The highest BCUT2D eigenvalue weighted by molar-refractivity contribution is 5.94. The van der Waals surface area contributed by atoms with Crippen molar-refractivity contribution in [2.45, 2.75) is 72.4 Å². The maximum absolute atomic E-state index is 12.2. The van der Waals surface area contributed by atoms with Crippen molar-refractivity contribution in [1.82, 2.24) is 15.5 Å². The van der Waals surface area contributed by atoms with E-state index in [0.717, 1.165) is 38.0 Å². The van der Waals surface area contributed by atoms with Gasteiger partial charge in [0, 0.05) is 24.2 Å². The van der Waals surface area contributed by atoms with Gasteiger partial charge in [-0.1, -0.05) is 26.0 Å². The quantitative estimate of drug-likeness (QED) is 0.548. The molecule has 0 spiro atoms. The lowest BCUT2D eigenvalue weighted by atomic mass is 10.1. The number of nitrogens with one attached hydrogen (secondary N) is 2. The maximum atomic E-state index is 12.2. The number of benzene rings is 1. The molecule has 1 aromatic rings. The number of amides is 1. The Labute approximate surface area is 160 Å². The number of hydrogen-bond acceptors (Lipinski definition) is 3. The van der Waals surface area contributed by atoms with E-state index >= 15 is 0 Å². The van der Waals surface area contributed by atoms with Crippen LogP contribution in [0.1, 0.15) is 76.2 Å². The van der Waals surface area contributed by atoms with E-state index in [1.807, 2.05) is 24.3 Å². The predicted octanol–water partition coefficient (Wildman–Crippen LogP) is 4.21. The Balaban J connectivity index is 2.28. The molecule has 26 heavy (non-hydrogen) atoms. The lowest BCUT2D eigenvalue weighted by Gasteiger charge is -2.20. The van der Waals surface area contributed by atoms with E-state index < -0.39 is 0 Å². The highest BCUT2D eigenvalue weighted by Gasteiger charge is 2.09. The second kappa shape index (κ2) is 12.1. The highest BCUT2D eigenvalue weighted by atomic mass is 16.1. The molecular weight excluding hydrogens is 322 g/mol. The van der Waals surface area contributed by atoms with Gasteiger partial charge in [0.25, 0.3) is 5.91 Å². The smallest absolute Gasteiger partial charge is 0.251 e. The third-order valence-corrected chi connectivity index (χ3v) is 4.31. The molecule has 4 nitrogen and oxygen atoms in total. The summed E-state index contributed by atoms with van der Waals surface area (Å²) in [6, 6.07) is 7.89. The van der Waals surface area contributed by atoms with Crippen LogP contribution in [0.25, 0.3) is 0 Å². The lowest BCUT2D eigenvalue weighted by Crippen LogP contribution is -2.35. The summed E-state index contributed by atoms with van der Waals surface area (Å²) in [6.07, 6.45) is 4.58. The van der Waals surface area contributed by atoms with Crippen molar-refractivity contribution in [3.63, 3.8) is 0 Å². The Morgan fingerprint density at radius 2 is 1.58 bits per heavy atom. The van der Waals surface area contributed by atoms with Gasteiger partial charge in [0.1, 0.15) is 0 Å². The van der Waals surface area contributed by atoms with Gasteiger partial charge in [-0.25, -0.2) is 0 Å². The molecule has 0 bridgehead atoms. The summed E-state index contributed by atoms with van der Waals surface area (Å²) in [5, 5.41) is 6.50. The van der Waals surface area contributed by atoms with E-state index in [0.29, 0.717) is 0 Å². The fourth-order valence-corrected chi connectivity index (χ4v) is 2.87. The molecule has 0 aliphatic heterocycles. The minimum absolute atomic E-state index is 0.0271. The van der Waals surface area contributed by atoms with Gasteiger partial charge in [-0.05, 0) is 83.8 Å². The predicted molar refractivity (Wildman–Crippen MR) is 112 cm³/mol. The molecule has 0 unspecified atom stereocenters. The SMILES string of the molecule is CCCN(CCC)CCCCNC(=O)c1ccc(CNC(C)(C)C)cc1. The first-order valence-corrected chi connectivity index (χ1v) is 10.2. The van der Waals surface area contributed by atoms with Crippen molar-refractivity contribution in [3.05, 3.63) is 35.4 Å². The molecule has 0 aliphatic rings. The summed E-state index contributed by atoms with van der Waals surface area (Å²) >= 11 is 0. The minimum atomic E-state index is 0.0271. The van der Waals surface area contributed by atoms with Crippen LogP contribution in [0.4, 0.5) is 0 Å². The molecule has 148 valence electrons. The first-order chi connectivity index (χ1) is 12.4. The molecule has 1 rings (SSSR count). The first kappa shape index (κ1) is 22.7. The Morgan fingerprint density at radius 3 is 2.12 bits per heavy atom. The molecular formula is C22H39N3O. The van der Waals surface area contributed by atoms with E-state index in [-0.39, 0.29) is 11.4 Å². The molecule has 0 aromatic heterocycles. The monoisotopic (exact) mass is 361 g/mol. The van der Waals surface area contributed by atoms with Crippen LogP contribution in [0.5, 0.6) is 0 Å². The van der Waals surface area contributed by atoms with Gasteiger partial charge < -0.3 is 15.5 Å². The summed E-state index contributed by atoms with van der Waals surface area (Å²) in [5.74, 6) is 0.0271. The Hall–Kier alpha value is -1.39. The molecule has 0 atom stereocenters. The molecule has 1 amide bonds. The van der Waals surface area contributed by atoms with Crippen molar-refractivity contribution in [2.24, 2.45) is 0 Å². The zero-order valence-corrected chi connectivity index (χ0v) is 17.5. The topological polar surface area (TPSA) is 44.4 Å². The van der Waals surface area contributed by atoms with Gasteiger partial charge in [0.05, 0.1) is 0 Å².